The third-order valence-electron chi connectivity index (χ3n) is 4.97. The topological polar surface area (TPSA) is 45.6 Å². The Morgan fingerprint density at radius 2 is 1.89 bits per heavy atom. The molecule has 0 saturated carbocycles. The molecule has 1 N–H and O–H groups in total. The summed E-state index contributed by atoms with van der Waals surface area (Å²) in [6.45, 7) is 2.97. The second-order valence-corrected chi connectivity index (χ2v) is 8.99. The largest absolute Gasteiger partial charge is 0.491 e. The van der Waals surface area contributed by atoms with Crippen LogP contribution < -0.4 is 4.74 Å². The van der Waals surface area contributed by atoms with Crippen LogP contribution in [-0.4, -0.2) is 47.3 Å². The van der Waals surface area contributed by atoms with Gasteiger partial charge in [0.05, 0.1) is 15.2 Å². The number of halogens is 1. The van der Waals surface area contributed by atoms with Crippen molar-refractivity contribution in [1.29, 1.82) is 0 Å². The van der Waals surface area contributed by atoms with Gasteiger partial charge in [0.25, 0.3) is 0 Å². The van der Waals surface area contributed by atoms with Crippen LogP contribution in [0.15, 0.2) is 53.0 Å². The van der Waals surface area contributed by atoms with E-state index in [0.29, 0.717) is 19.1 Å². The first-order valence-corrected chi connectivity index (χ1v) is 10.9. The quantitative estimate of drug-likeness (QED) is 0.596. The van der Waals surface area contributed by atoms with E-state index in [4.69, 9.17) is 9.72 Å². The van der Waals surface area contributed by atoms with E-state index >= 15 is 0 Å². The van der Waals surface area contributed by atoms with Crippen molar-refractivity contribution in [2.45, 2.75) is 24.9 Å². The molecule has 4 rings (SSSR count). The number of aliphatic hydroxyl groups excluding tert-OH is 1. The van der Waals surface area contributed by atoms with E-state index in [9.17, 15) is 5.11 Å². The van der Waals surface area contributed by atoms with E-state index in [1.165, 1.54) is 9.71 Å². The van der Waals surface area contributed by atoms with Crippen molar-refractivity contribution in [3.63, 3.8) is 0 Å². The molecule has 0 amide bonds. The fourth-order valence-corrected chi connectivity index (χ4v) is 4.90. The van der Waals surface area contributed by atoms with Gasteiger partial charge < -0.3 is 14.7 Å². The van der Waals surface area contributed by atoms with Gasteiger partial charge in [-0.1, -0.05) is 28.1 Å². The van der Waals surface area contributed by atoms with E-state index in [2.05, 4.69) is 39.0 Å². The number of fused-ring (bicyclic) bond motifs is 1. The maximum atomic E-state index is 10.3. The Morgan fingerprint density at radius 3 is 2.63 bits per heavy atom. The first-order chi connectivity index (χ1) is 13.2. The number of likely N-dealkylation sites (tertiary alicyclic amines) is 1. The van der Waals surface area contributed by atoms with Gasteiger partial charge in [0, 0.05) is 16.9 Å². The Labute approximate surface area is 171 Å². The molecule has 27 heavy (non-hydrogen) atoms. The minimum atomic E-state index is -0.479. The number of piperidine rings is 1. The summed E-state index contributed by atoms with van der Waals surface area (Å²) in [7, 11) is 0. The van der Waals surface area contributed by atoms with E-state index in [-0.39, 0.29) is 0 Å². The molecule has 6 heteroatoms. The Balaban J connectivity index is 1.24. The summed E-state index contributed by atoms with van der Waals surface area (Å²) in [6.07, 6.45) is 1.72. The molecule has 0 spiro atoms. The van der Waals surface area contributed by atoms with Crippen molar-refractivity contribution < 1.29 is 9.84 Å². The fraction of sp³-hybridized carbons (Fsp3) is 0.381. The second kappa shape index (κ2) is 8.69. The van der Waals surface area contributed by atoms with Gasteiger partial charge in [-0.05, 0) is 62.3 Å². The highest BCUT2D eigenvalue weighted by Crippen LogP contribution is 2.33. The van der Waals surface area contributed by atoms with Crippen LogP contribution in [-0.2, 0) is 0 Å². The molecule has 1 saturated heterocycles. The summed E-state index contributed by atoms with van der Waals surface area (Å²) in [4.78, 5) is 7.15. The number of nitrogens with zero attached hydrogens (tertiary/aromatic N) is 2. The lowest BCUT2D eigenvalue weighted by molar-refractivity contribution is 0.0594. The lowest BCUT2D eigenvalue weighted by Gasteiger charge is -2.32. The molecule has 3 aromatic rings. The number of aliphatic hydroxyl groups is 1. The highest BCUT2D eigenvalue weighted by atomic mass is 79.9. The molecule has 0 radical (unpaired) electrons. The summed E-state index contributed by atoms with van der Waals surface area (Å²) >= 11 is 5.23. The highest BCUT2D eigenvalue weighted by molar-refractivity contribution is 9.10. The maximum Gasteiger partial charge on any atom is 0.119 e. The van der Waals surface area contributed by atoms with Gasteiger partial charge in [0.1, 0.15) is 18.5 Å². The van der Waals surface area contributed by atoms with E-state index in [1.807, 2.05) is 41.7 Å². The Bertz CT molecular complexity index is 842. The zero-order valence-electron chi connectivity index (χ0n) is 15.1. The number of aromatic nitrogens is 1. The molecule has 0 bridgehead atoms. The molecule has 0 aliphatic carbocycles. The van der Waals surface area contributed by atoms with Crippen LogP contribution in [0.2, 0.25) is 0 Å². The first kappa shape index (κ1) is 18.9. The van der Waals surface area contributed by atoms with Crippen molar-refractivity contribution in [3.8, 4) is 5.75 Å². The zero-order valence-corrected chi connectivity index (χ0v) is 17.5. The monoisotopic (exact) mass is 446 g/mol. The van der Waals surface area contributed by atoms with Crippen LogP contribution in [0.1, 0.15) is 23.8 Å². The Kier molecular flexibility index (Phi) is 6.08. The molecule has 1 aliphatic rings. The van der Waals surface area contributed by atoms with Crippen LogP contribution in [0, 0.1) is 0 Å². The van der Waals surface area contributed by atoms with Crippen LogP contribution in [0.5, 0.6) is 5.75 Å². The summed E-state index contributed by atoms with van der Waals surface area (Å²) in [5.74, 6) is 1.32. The van der Waals surface area contributed by atoms with Gasteiger partial charge in [-0.3, -0.25) is 0 Å². The molecule has 142 valence electrons. The second-order valence-electron chi connectivity index (χ2n) is 7.01. The Morgan fingerprint density at radius 1 is 1.15 bits per heavy atom. The SMILES string of the molecule is O[C@@H](COc1ccc(Br)cc1)CN1CCC(c2nc3ccccc3s2)CC1. The number of rotatable bonds is 6. The number of hydrogen-bond donors (Lipinski definition) is 1. The highest BCUT2D eigenvalue weighted by Gasteiger charge is 2.24. The molecular weight excluding hydrogens is 424 g/mol. The fourth-order valence-electron chi connectivity index (χ4n) is 3.50. The molecule has 1 atom stereocenters. The summed E-state index contributed by atoms with van der Waals surface area (Å²) in [6, 6.07) is 16.0. The average molecular weight is 447 g/mol. The average Bonchev–Trinajstić information content (AvgIpc) is 3.12. The molecule has 2 aromatic carbocycles. The van der Waals surface area contributed by atoms with Gasteiger partial charge in [-0.15, -0.1) is 11.3 Å². The zero-order chi connectivity index (χ0) is 18.6. The van der Waals surface area contributed by atoms with Crippen LogP contribution in [0.4, 0.5) is 0 Å². The summed E-state index contributed by atoms with van der Waals surface area (Å²) in [5, 5.41) is 11.6. The third-order valence-corrected chi connectivity index (χ3v) is 6.70. The van der Waals surface area contributed by atoms with Crippen molar-refractivity contribution in [1.82, 2.24) is 9.88 Å². The third kappa shape index (κ3) is 4.88. The lowest BCUT2D eigenvalue weighted by Crippen LogP contribution is -2.40. The maximum absolute atomic E-state index is 10.3. The smallest absolute Gasteiger partial charge is 0.119 e. The molecule has 4 nitrogen and oxygen atoms in total. The van der Waals surface area contributed by atoms with E-state index in [0.717, 1.165) is 41.7 Å². The number of thiazole rings is 1. The van der Waals surface area contributed by atoms with Crippen LogP contribution in [0.3, 0.4) is 0 Å². The summed E-state index contributed by atoms with van der Waals surface area (Å²) in [5.41, 5.74) is 1.11. The first-order valence-electron chi connectivity index (χ1n) is 9.31. The molecular formula is C21H23BrN2O2S. The molecule has 1 fully saturated rings. The van der Waals surface area contributed by atoms with Crippen molar-refractivity contribution in [2.75, 3.05) is 26.2 Å². The number of ether oxygens (including phenoxy) is 1. The predicted octanol–water partition coefficient (Wildman–Crippen LogP) is 4.68. The number of benzene rings is 2. The molecule has 1 aliphatic heterocycles. The molecule has 1 aromatic heterocycles. The number of β-amino-alcohol motifs (C(OH)–C–C–N with tert-alkyl or cyclic N) is 1. The predicted molar refractivity (Wildman–Crippen MR) is 114 cm³/mol. The number of para-hydroxylation sites is 1. The van der Waals surface area contributed by atoms with Gasteiger partial charge in [0.2, 0.25) is 0 Å². The van der Waals surface area contributed by atoms with Crippen molar-refractivity contribution >= 4 is 37.5 Å². The minimum absolute atomic E-state index is 0.319. The van der Waals surface area contributed by atoms with Gasteiger partial charge >= 0.3 is 0 Å². The minimum Gasteiger partial charge on any atom is -0.491 e. The van der Waals surface area contributed by atoms with E-state index < -0.39 is 6.10 Å². The summed E-state index contributed by atoms with van der Waals surface area (Å²) < 4.78 is 7.98. The normalized spacial score (nSPS) is 17.3. The van der Waals surface area contributed by atoms with Gasteiger partial charge in [0.15, 0.2) is 0 Å². The van der Waals surface area contributed by atoms with Crippen LogP contribution >= 0.6 is 27.3 Å². The van der Waals surface area contributed by atoms with Gasteiger partial charge in [-0.2, -0.15) is 0 Å². The van der Waals surface area contributed by atoms with Crippen molar-refractivity contribution in [3.05, 3.63) is 58.0 Å². The number of hydrogen-bond acceptors (Lipinski definition) is 5. The van der Waals surface area contributed by atoms with Gasteiger partial charge in [-0.25, -0.2) is 4.98 Å². The van der Waals surface area contributed by atoms with E-state index in [1.54, 1.807) is 0 Å². The lowest BCUT2D eigenvalue weighted by atomic mass is 9.97. The standard InChI is InChI=1S/C21H23BrN2O2S/c22-16-5-7-18(8-6-16)26-14-17(25)13-24-11-9-15(10-12-24)21-23-19-3-1-2-4-20(19)27-21/h1-8,15,17,25H,9-14H2/t17-/m1/s1. The van der Waals surface area contributed by atoms with Crippen molar-refractivity contribution in [2.24, 2.45) is 0 Å². The molecule has 2 heterocycles. The Hall–Kier alpha value is -1.47. The van der Waals surface area contributed by atoms with Crippen LogP contribution in [0.25, 0.3) is 10.2 Å². The molecule has 0 unspecified atom stereocenters.